The molecule has 1 saturated heterocycles. The Morgan fingerprint density at radius 2 is 2.00 bits per heavy atom. The minimum atomic E-state index is -1.22. The summed E-state index contributed by atoms with van der Waals surface area (Å²) in [4.78, 5) is 25.6. The van der Waals surface area contributed by atoms with E-state index >= 15 is 0 Å². The number of anilines is 2. The van der Waals surface area contributed by atoms with E-state index in [1.807, 2.05) is 6.92 Å². The Morgan fingerprint density at radius 1 is 1.18 bits per heavy atom. The number of benzene rings is 1. The van der Waals surface area contributed by atoms with Crippen LogP contribution >= 0.6 is 0 Å². The average molecular weight is 456 g/mol. The summed E-state index contributed by atoms with van der Waals surface area (Å²) in [5.74, 6) is -2.27. The predicted molar refractivity (Wildman–Crippen MR) is 117 cm³/mol. The van der Waals surface area contributed by atoms with E-state index in [1.165, 1.54) is 29.4 Å². The standard InChI is InChI=1S/C22H22F2N6O3/c1-12-9-13(11-30(10-12)22(31)32)28-21-27-8-6-16(29-21)14-3-2-7-26-20(14)33-17-5-4-15(25)18(23)19(17)24/h2-8,12-13H,9-11,25H2,1H3,(H,31,32)(H,27,28,29)/t12-,13+/m1/s1. The van der Waals surface area contributed by atoms with E-state index < -0.39 is 17.7 Å². The van der Waals surface area contributed by atoms with Gasteiger partial charge in [0.25, 0.3) is 0 Å². The number of halogens is 2. The molecule has 11 heteroatoms. The van der Waals surface area contributed by atoms with Gasteiger partial charge in [-0.15, -0.1) is 0 Å². The number of pyridine rings is 1. The number of ether oxygens (including phenoxy) is 1. The molecule has 1 aliphatic rings. The Morgan fingerprint density at radius 3 is 2.79 bits per heavy atom. The molecule has 1 aromatic carbocycles. The van der Waals surface area contributed by atoms with Crippen molar-refractivity contribution < 1.29 is 23.4 Å². The van der Waals surface area contributed by atoms with E-state index in [4.69, 9.17) is 10.5 Å². The van der Waals surface area contributed by atoms with E-state index in [0.717, 1.165) is 6.42 Å². The number of nitrogens with one attached hydrogen (secondary N) is 1. The molecular formula is C22H22F2N6O3. The summed E-state index contributed by atoms with van der Waals surface area (Å²) in [6.45, 7) is 2.78. The van der Waals surface area contributed by atoms with Gasteiger partial charge in [0.15, 0.2) is 11.6 Å². The van der Waals surface area contributed by atoms with Crippen molar-refractivity contribution in [3.63, 3.8) is 0 Å². The maximum Gasteiger partial charge on any atom is 0.407 e. The number of aromatic nitrogens is 3. The number of amides is 1. The zero-order valence-corrected chi connectivity index (χ0v) is 17.7. The summed E-state index contributed by atoms with van der Waals surface area (Å²) >= 11 is 0. The zero-order chi connectivity index (χ0) is 23.5. The Labute approximate surface area is 188 Å². The van der Waals surface area contributed by atoms with Crippen LogP contribution in [0.25, 0.3) is 11.3 Å². The van der Waals surface area contributed by atoms with Gasteiger partial charge in [-0.3, -0.25) is 0 Å². The lowest BCUT2D eigenvalue weighted by Gasteiger charge is -2.35. The van der Waals surface area contributed by atoms with Crippen LogP contribution in [0.4, 0.5) is 25.2 Å². The zero-order valence-electron chi connectivity index (χ0n) is 17.7. The van der Waals surface area contributed by atoms with Crippen molar-refractivity contribution in [2.24, 2.45) is 5.92 Å². The SMILES string of the molecule is C[C@@H]1C[C@H](Nc2nccc(-c3cccnc3Oc3ccc(N)c(F)c3F)n2)CN(C(=O)O)C1. The number of rotatable bonds is 5. The lowest BCUT2D eigenvalue weighted by atomic mass is 9.96. The maximum absolute atomic E-state index is 14.2. The van der Waals surface area contributed by atoms with E-state index in [-0.39, 0.29) is 29.3 Å². The molecule has 0 unspecified atom stereocenters. The van der Waals surface area contributed by atoms with Crippen LogP contribution in [0.15, 0.2) is 42.7 Å². The van der Waals surface area contributed by atoms with Crippen molar-refractivity contribution >= 4 is 17.7 Å². The summed E-state index contributed by atoms with van der Waals surface area (Å²) in [6.07, 6.45) is 2.79. The van der Waals surface area contributed by atoms with Crippen LogP contribution in [-0.2, 0) is 0 Å². The van der Waals surface area contributed by atoms with Crippen molar-refractivity contribution in [3.05, 3.63) is 54.4 Å². The van der Waals surface area contributed by atoms with E-state index in [0.29, 0.717) is 30.3 Å². The molecular weight excluding hydrogens is 434 g/mol. The maximum atomic E-state index is 14.2. The molecule has 4 N–H and O–H groups in total. The number of hydrogen-bond acceptors (Lipinski definition) is 7. The first-order chi connectivity index (χ1) is 15.8. The van der Waals surface area contributed by atoms with Crippen molar-refractivity contribution in [1.29, 1.82) is 0 Å². The molecule has 172 valence electrons. The summed E-state index contributed by atoms with van der Waals surface area (Å²) < 4.78 is 33.6. The van der Waals surface area contributed by atoms with Crippen LogP contribution in [0.1, 0.15) is 13.3 Å². The fourth-order valence-electron chi connectivity index (χ4n) is 3.77. The van der Waals surface area contributed by atoms with Crippen LogP contribution < -0.4 is 15.8 Å². The topological polar surface area (TPSA) is 126 Å². The molecule has 9 nitrogen and oxygen atoms in total. The molecule has 2 atom stereocenters. The third-order valence-corrected chi connectivity index (χ3v) is 5.25. The minimum absolute atomic E-state index is 0.0218. The Hall–Kier alpha value is -4.02. The molecule has 1 amide bonds. The van der Waals surface area contributed by atoms with Gasteiger partial charge in [-0.25, -0.2) is 24.1 Å². The molecule has 1 fully saturated rings. The van der Waals surface area contributed by atoms with Gasteiger partial charge >= 0.3 is 6.09 Å². The number of hydrogen-bond donors (Lipinski definition) is 3. The molecule has 3 heterocycles. The second-order valence-corrected chi connectivity index (χ2v) is 7.87. The highest BCUT2D eigenvalue weighted by Crippen LogP contribution is 2.33. The van der Waals surface area contributed by atoms with Gasteiger partial charge in [-0.1, -0.05) is 6.92 Å². The molecule has 2 aromatic heterocycles. The van der Waals surface area contributed by atoms with Crippen LogP contribution in [0.2, 0.25) is 0 Å². The van der Waals surface area contributed by atoms with Gasteiger partial charge in [-0.05, 0) is 42.7 Å². The van der Waals surface area contributed by atoms with Gasteiger partial charge in [0.1, 0.15) is 0 Å². The second-order valence-electron chi connectivity index (χ2n) is 7.87. The van der Waals surface area contributed by atoms with Gasteiger partial charge in [0, 0.05) is 31.5 Å². The van der Waals surface area contributed by atoms with Gasteiger partial charge in [0.05, 0.1) is 16.9 Å². The molecule has 4 rings (SSSR count). The lowest BCUT2D eigenvalue weighted by molar-refractivity contribution is 0.119. The average Bonchev–Trinajstić information content (AvgIpc) is 2.79. The first-order valence-electron chi connectivity index (χ1n) is 10.3. The number of nitrogens with two attached hydrogens (primary N) is 1. The molecule has 0 saturated carbocycles. The van der Waals surface area contributed by atoms with E-state index in [9.17, 15) is 18.7 Å². The van der Waals surface area contributed by atoms with E-state index in [1.54, 1.807) is 18.2 Å². The first-order valence-corrected chi connectivity index (χ1v) is 10.3. The quantitative estimate of drug-likeness (QED) is 0.492. The Bertz CT molecular complexity index is 1180. The molecule has 0 aliphatic carbocycles. The van der Waals surface area contributed by atoms with Crippen molar-refractivity contribution in [3.8, 4) is 22.9 Å². The van der Waals surface area contributed by atoms with Crippen LogP contribution in [0, 0.1) is 17.6 Å². The predicted octanol–water partition coefficient (Wildman–Crippen LogP) is 3.99. The highest BCUT2D eigenvalue weighted by Gasteiger charge is 2.28. The van der Waals surface area contributed by atoms with Crippen LogP contribution in [0.5, 0.6) is 11.6 Å². The summed E-state index contributed by atoms with van der Waals surface area (Å²) in [5, 5.41) is 12.5. The molecule has 3 aromatic rings. The highest BCUT2D eigenvalue weighted by molar-refractivity contribution is 5.66. The van der Waals surface area contributed by atoms with Crippen molar-refractivity contribution in [2.45, 2.75) is 19.4 Å². The van der Waals surface area contributed by atoms with Gasteiger partial charge < -0.3 is 25.8 Å². The number of nitrogens with zero attached hydrogens (tertiary/aromatic N) is 4. The second kappa shape index (κ2) is 9.23. The molecule has 0 radical (unpaired) electrons. The fourth-order valence-corrected chi connectivity index (χ4v) is 3.77. The van der Waals surface area contributed by atoms with Gasteiger partial charge in [-0.2, -0.15) is 4.39 Å². The smallest absolute Gasteiger partial charge is 0.407 e. The first kappa shape index (κ1) is 22.2. The number of carboxylic acid groups (broad SMARTS) is 1. The fraction of sp³-hybridized carbons (Fsp3) is 0.273. The summed E-state index contributed by atoms with van der Waals surface area (Å²) in [5.41, 5.74) is 5.93. The number of likely N-dealkylation sites (tertiary alicyclic amines) is 1. The molecule has 0 bridgehead atoms. The van der Waals surface area contributed by atoms with Gasteiger partial charge in [0.2, 0.25) is 17.6 Å². The molecule has 1 aliphatic heterocycles. The van der Waals surface area contributed by atoms with Crippen molar-refractivity contribution in [2.75, 3.05) is 24.1 Å². The number of nitrogen functional groups attached to an aromatic ring is 1. The Balaban J connectivity index is 1.58. The highest BCUT2D eigenvalue weighted by atomic mass is 19.2. The Kier molecular flexibility index (Phi) is 6.20. The number of carbonyl (C=O) groups is 1. The van der Waals surface area contributed by atoms with Crippen LogP contribution in [-0.4, -0.2) is 50.2 Å². The number of piperidine rings is 1. The summed E-state index contributed by atoms with van der Waals surface area (Å²) in [6, 6.07) is 7.23. The van der Waals surface area contributed by atoms with Crippen LogP contribution in [0.3, 0.4) is 0 Å². The third-order valence-electron chi connectivity index (χ3n) is 5.25. The summed E-state index contributed by atoms with van der Waals surface area (Å²) in [7, 11) is 0. The normalized spacial score (nSPS) is 18.1. The molecule has 33 heavy (non-hydrogen) atoms. The third kappa shape index (κ3) is 4.92. The van der Waals surface area contributed by atoms with Crippen molar-refractivity contribution in [1.82, 2.24) is 19.9 Å². The minimum Gasteiger partial charge on any atom is -0.465 e. The molecule has 0 spiro atoms. The largest absolute Gasteiger partial charge is 0.465 e. The monoisotopic (exact) mass is 456 g/mol. The van der Waals surface area contributed by atoms with E-state index in [2.05, 4.69) is 20.3 Å². The lowest BCUT2D eigenvalue weighted by Crippen LogP contribution is -2.47.